The average Bonchev–Trinajstić information content (AvgIpc) is 3.17. The molecule has 3 rings (SSSR count). The monoisotopic (exact) mass is 342 g/mol. The number of hydrogen-bond acceptors (Lipinski definition) is 5. The molecule has 0 saturated heterocycles. The Labute approximate surface area is 143 Å². The topological polar surface area (TPSA) is 115 Å². The molecular formula is C16H18N6O3. The van der Waals surface area contributed by atoms with Gasteiger partial charge < -0.3 is 15.0 Å². The van der Waals surface area contributed by atoms with Crippen LogP contribution in [-0.2, 0) is 24.8 Å². The molecule has 0 radical (unpaired) electrons. The number of hydrogen-bond donors (Lipinski definition) is 2. The third-order valence-corrected chi connectivity index (χ3v) is 3.84. The zero-order valence-electron chi connectivity index (χ0n) is 13.7. The molecule has 25 heavy (non-hydrogen) atoms. The summed E-state index contributed by atoms with van der Waals surface area (Å²) in [5.74, 6) is -0.446. The molecule has 130 valence electrons. The molecule has 0 unspecified atom stereocenters. The maximum atomic E-state index is 11.8. The van der Waals surface area contributed by atoms with Crippen molar-refractivity contribution < 1.29 is 14.7 Å². The lowest BCUT2D eigenvalue weighted by Gasteiger charge is -2.05. The molecular weight excluding hydrogens is 324 g/mol. The van der Waals surface area contributed by atoms with Gasteiger partial charge in [0.1, 0.15) is 12.4 Å². The predicted octanol–water partition coefficient (Wildman–Crippen LogP) is 0.612. The summed E-state index contributed by atoms with van der Waals surface area (Å²) < 4.78 is 3.25. The number of aromatic carboxylic acids is 1. The number of carbonyl (C=O) groups is 2. The van der Waals surface area contributed by atoms with E-state index in [4.69, 9.17) is 5.11 Å². The van der Waals surface area contributed by atoms with E-state index in [1.165, 1.54) is 10.9 Å². The molecule has 0 atom stereocenters. The highest BCUT2D eigenvalue weighted by atomic mass is 16.4. The lowest BCUT2D eigenvalue weighted by molar-refractivity contribution is -0.121. The Bertz CT molecular complexity index is 914. The van der Waals surface area contributed by atoms with E-state index in [-0.39, 0.29) is 18.1 Å². The largest absolute Gasteiger partial charge is 0.476 e. The lowest BCUT2D eigenvalue weighted by atomic mass is 10.3. The van der Waals surface area contributed by atoms with E-state index in [1.807, 2.05) is 31.3 Å². The summed E-state index contributed by atoms with van der Waals surface area (Å²) in [5, 5.41) is 18.6. The van der Waals surface area contributed by atoms with E-state index in [0.717, 1.165) is 29.7 Å². The first-order valence-corrected chi connectivity index (χ1v) is 7.85. The average molecular weight is 342 g/mol. The van der Waals surface area contributed by atoms with Crippen molar-refractivity contribution in [3.63, 3.8) is 0 Å². The number of nitrogens with one attached hydrogen (secondary N) is 1. The first kappa shape index (κ1) is 16.6. The summed E-state index contributed by atoms with van der Waals surface area (Å²) >= 11 is 0. The number of rotatable bonds is 7. The summed E-state index contributed by atoms with van der Waals surface area (Å²) in [7, 11) is 1.98. The summed E-state index contributed by atoms with van der Waals surface area (Å²) in [6, 6.07) is 7.94. The highest BCUT2D eigenvalue weighted by molar-refractivity contribution is 5.84. The zero-order chi connectivity index (χ0) is 17.8. The smallest absolute Gasteiger partial charge is 0.358 e. The van der Waals surface area contributed by atoms with E-state index in [9.17, 15) is 9.59 Å². The predicted molar refractivity (Wildman–Crippen MR) is 89.0 cm³/mol. The van der Waals surface area contributed by atoms with Crippen molar-refractivity contribution in [3.05, 3.63) is 42.0 Å². The van der Waals surface area contributed by atoms with Gasteiger partial charge in [-0.3, -0.25) is 4.79 Å². The summed E-state index contributed by atoms with van der Waals surface area (Å²) in [4.78, 5) is 27.1. The standard InChI is InChI=1S/C16H18N6O3/c1-21-13-6-3-2-5-11(13)18-14(21)7-4-8-17-15(23)10-22-9-12(16(24)25)19-20-22/h2-3,5-6,9H,4,7-8,10H2,1H3,(H,17,23)(H,24,25). The van der Waals surface area contributed by atoms with Gasteiger partial charge in [0.25, 0.3) is 0 Å². The number of carboxylic acids is 1. The Morgan fingerprint density at radius 1 is 1.28 bits per heavy atom. The van der Waals surface area contributed by atoms with Gasteiger partial charge in [-0.2, -0.15) is 0 Å². The van der Waals surface area contributed by atoms with Gasteiger partial charge in [0.05, 0.1) is 17.2 Å². The van der Waals surface area contributed by atoms with Crippen molar-refractivity contribution in [2.45, 2.75) is 19.4 Å². The number of amides is 1. The maximum Gasteiger partial charge on any atom is 0.358 e. The van der Waals surface area contributed by atoms with Crippen LogP contribution in [0.15, 0.2) is 30.5 Å². The van der Waals surface area contributed by atoms with Crippen molar-refractivity contribution in [2.24, 2.45) is 7.05 Å². The van der Waals surface area contributed by atoms with E-state index >= 15 is 0 Å². The van der Waals surface area contributed by atoms with Crippen LogP contribution in [0.25, 0.3) is 11.0 Å². The normalized spacial score (nSPS) is 10.9. The fourth-order valence-corrected chi connectivity index (χ4v) is 2.57. The van der Waals surface area contributed by atoms with Gasteiger partial charge in [0, 0.05) is 20.0 Å². The number of benzene rings is 1. The summed E-state index contributed by atoms with van der Waals surface area (Å²) in [5.41, 5.74) is 1.86. The fourth-order valence-electron chi connectivity index (χ4n) is 2.57. The highest BCUT2D eigenvalue weighted by Gasteiger charge is 2.11. The third-order valence-electron chi connectivity index (χ3n) is 3.84. The molecule has 9 heteroatoms. The van der Waals surface area contributed by atoms with Crippen molar-refractivity contribution in [1.29, 1.82) is 0 Å². The van der Waals surface area contributed by atoms with Gasteiger partial charge in [-0.15, -0.1) is 5.10 Å². The lowest BCUT2D eigenvalue weighted by Crippen LogP contribution is -2.29. The second-order valence-corrected chi connectivity index (χ2v) is 5.64. The molecule has 1 amide bonds. The SMILES string of the molecule is Cn1c(CCCNC(=O)Cn2cc(C(=O)O)nn2)nc2ccccc21. The number of aromatic nitrogens is 5. The van der Waals surface area contributed by atoms with Crippen LogP contribution in [0.5, 0.6) is 0 Å². The molecule has 2 aromatic heterocycles. The van der Waals surface area contributed by atoms with Gasteiger partial charge in [0.15, 0.2) is 5.69 Å². The van der Waals surface area contributed by atoms with Crippen molar-refractivity contribution in [1.82, 2.24) is 29.9 Å². The van der Waals surface area contributed by atoms with Gasteiger partial charge in [0.2, 0.25) is 5.91 Å². The Morgan fingerprint density at radius 3 is 2.80 bits per heavy atom. The number of fused-ring (bicyclic) bond motifs is 1. The zero-order valence-corrected chi connectivity index (χ0v) is 13.7. The van der Waals surface area contributed by atoms with E-state index in [1.54, 1.807) is 0 Å². The van der Waals surface area contributed by atoms with Crippen LogP contribution in [0.4, 0.5) is 0 Å². The number of carboxylic acid groups (broad SMARTS) is 1. The van der Waals surface area contributed by atoms with Crippen LogP contribution in [0, 0.1) is 0 Å². The fraction of sp³-hybridized carbons (Fsp3) is 0.312. The van der Waals surface area contributed by atoms with Crippen LogP contribution in [0.1, 0.15) is 22.7 Å². The van der Waals surface area contributed by atoms with Gasteiger partial charge in [-0.05, 0) is 18.6 Å². The second-order valence-electron chi connectivity index (χ2n) is 5.64. The van der Waals surface area contributed by atoms with Crippen LogP contribution in [0.3, 0.4) is 0 Å². The summed E-state index contributed by atoms with van der Waals surface area (Å²) in [6.45, 7) is 0.440. The van der Waals surface area contributed by atoms with Crippen LogP contribution >= 0.6 is 0 Å². The van der Waals surface area contributed by atoms with E-state index in [2.05, 4.69) is 25.2 Å². The molecule has 1 aromatic carbocycles. The molecule has 0 aliphatic heterocycles. The minimum atomic E-state index is -1.17. The number of carbonyl (C=O) groups excluding carboxylic acids is 1. The van der Waals surface area contributed by atoms with Crippen molar-refractivity contribution >= 4 is 22.9 Å². The van der Waals surface area contributed by atoms with Crippen molar-refractivity contribution in [3.8, 4) is 0 Å². The van der Waals surface area contributed by atoms with Crippen LogP contribution in [-0.4, -0.2) is 48.1 Å². The molecule has 2 N–H and O–H groups in total. The Morgan fingerprint density at radius 2 is 2.08 bits per heavy atom. The minimum absolute atomic E-state index is 0.0629. The van der Waals surface area contributed by atoms with Gasteiger partial charge in [-0.1, -0.05) is 17.3 Å². The molecule has 0 bridgehead atoms. The molecule has 0 spiro atoms. The van der Waals surface area contributed by atoms with Gasteiger partial charge in [-0.25, -0.2) is 14.5 Å². The molecule has 0 aliphatic carbocycles. The minimum Gasteiger partial charge on any atom is -0.476 e. The molecule has 0 aliphatic rings. The number of para-hydroxylation sites is 2. The first-order chi connectivity index (χ1) is 12.0. The van der Waals surface area contributed by atoms with E-state index < -0.39 is 5.97 Å². The van der Waals surface area contributed by atoms with Crippen molar-refractivity contribution in [2.75, 3.05) is 6.54 Å². The molecule has 0 saturated carbocycles. The van der Waals surface area contributed by atoms with E-state index in [0.29, 0.717) is 6.54 Å². The second kappa shape index (κ2) is 7.12. The third kappa shape index (κ3) is 3.82. The molecule has 3 aromatic rings. The molecule has 9 nitrogen and oxygen atoms in total. The Hall–Kier alpha value is -3.23. The quantitative estimate of drug-likeness (QED) is 0.608. The molecule has 0 fully saturated rings. The first-order valence-electron chi connectivity index (χ1n) is 7.85. The number of nitrogens with zero attached hydrogens (tertiary/aromatic N) is 5. The van der Waals surface area contributed by atoms with Gasteiger partial charge >= 0.3 is 5.97 Å². The highest BCUT2D eigenvalue weighted by Crippen LogP contribution is 2.14. The molecule has 2 heterocycles. The van der Waals surface area contributed by atoms with Crippen LogP contribution < -0.4 is 5.32 Å². The Balaban J connectivity index is 1.46. The Kier molecular flexibility index (Phi) is 4.73. The van der Waals surface area contributed by atoms with Crippen LogP contribution in [0.2, 0.25) is 0 Å². The number of imidazole rings is 1. The maximum absolute atomic E-state index is 11.8. The summed E-state index contributed by atoms with van der Waals surface area (Å²) in [6.07, 6.45) is 2.72. The number of aryl methyl sites for hydroxylation is 2.